The van der Waals surface area contributed by atoms with E-state index in [2.05, 4.69) is 19.9 Å². The Hall–Kier alpha value is -3.02. The summed E-state index contributed by atoms with van der Waals surface area (Å²) in [6, 6.07) is 18.9. The Balaban J connectivity index is 1.51. The van der Waals surface area contributed by atoms with Crippen molar-refractivity contribution in [2.24, 2.45) is 0 Å². The van der Waals surface area contributed by atoms with E-state index in [1.54, 1.807) is 72.3 Å². The molecule has 1 unspecified atom stereocenters. The van der Waals surface area contributed by atoms with Gasteiger partial charge in [0.25, 0.3) is 0 Å². The van der Waals surface area contributed by atoms with Crippen LogP contribution in [0.25, 0.3) is 16.6 Å². The average molecular weight is 589 g/mol. The van der Waals surface area contributed by atoms with Crippen LogP contribution >= 0.6 is 35.0 Å². The maximum Gasteiger partial charge on any atom is 0.243 e. The van der Waals surface area contributed by atoms with Gasteiger partial charge in [0.15, 0.2) is 11.0 Å². The number of hydrogen-bond donors (Lipinski definition) is 1. The van der Waals surface area contributed by atoms with Crippen LogP contribution in [0.4, 0.5) is 4.39 Å². The fourth-order valence-corrected chi connectivity index (χ4v) is 6.70. The Bertz CT molecular complexity index is 1720. The first-order chi connectivity index (χ1) is 18.2. The quantitative estimate of drug-likeness (QED) is 0.206. The predicted molar refractivity (Wildman–Crippen MR) is 148 cm³/mol. The minimum absolute atomic E-state index is 0.0592. The number of nitrogens with one attached hydrogen (secondary N) is 1. The second-order valence-electron chi connectivity index (χ2n) is 8.36. The minimum atomic E-state index is -3.99. The van der Waals surface area contributed by atoms with Crippen LogP contribution in [0.15, 0.2) is 89.0 Å². The standard InChI is InChI=1S/C26H20Cl2FN5O2S2/c1-16(33-38(35,36)23-6-2-4-18-5-3-13-30-24(18)23)25-31-32-26(37-15-17-7-10-20(29)11-8-17)34(25)22-12-9-19(27)14-21(22)28/h2-14,16,33H,15H2,1H3. The van der Waals surface area contributed by atoms with Gasteiger partial charge in [0, 0.05) is 22.4 Å². The van der Waals surface area contributed by atoms with Gasteiger partial charge in [-0.25, -0.2) is 17.5 Å². The maximum absolute atomic E-state index is 13.4. The highest BCUT2D eigenvalue weighted by atomic mass is 35.5. The molecule has 0 amide bonds. The summed E-state index contributed by atoms with van der Waals surface area (Å²) in [7, 11) is -3.99. The van der Waals surface area contributed by atoms with Gasteiger partial charge in [-0.05, 0) is 55.0 Å². The van der Waals surface area contributed by atoms with Crippen LogP contribution in [0.2, 0.25) is 10.0 Å². The van der Waals surface area contributed by atoms with E-state index < -0.39 is 16.1 Å². The fraction of sp³-hybridized carbons (Fsp3) is 0.115. The van der Waals surface area contributed by atoms with Crippen molar-refractivity contribution in [2.45, 2.75) is 28.8 Å². The van der Waals surface area contributed by atoms with Gasteiger partial charge >= 0.3 is 0 Å². The molecule has 5 rings (SSSR count). The number of aromatic nitrogens is 4. The van der Waals surface area contributed by atoms with Crippen LogP contribution in [0.1, 0.15) is 24.4 Å². The smallest absolute Gasteiger partial charge is 0.243 e. The Kier molecular flexibility index (Phi) is 7.69. The largest absolute Gasteiger partial charge is 0.271 e. The van der Waals surface area contributed by atoms with Crippen LogP contribution in [0, 0.1) is 5.82 Å². The number of nitrogens with zero attached hydrogens (tertiary/aromatic N) is 4. The van der Waals surface area contributed by atoms with Crippen LogP contribution in [0.5, 0.6) is 0 Å². The highest BCUT2D eigenvalue weighted by Crippen LogP contribution is 2.33. The molecule has 0 radical (unpaired) electrons. The van der Waals surface area contributed by atoms with Crippen molar-refractivity contribution < 1.29 is 12.8 Å². The topological polar surface area (TPSA) is 89.8 Å². The highest BCUT2D eigenvalue weighted by Gasteiger charge is 2.27. The molecule has 0 spiro atoms. The molecule has 12 heteroatoms. The summed E-state index contributed by atoms with van der Waals surface area (Å²) >= 11 is 14.0. The number of fused-ring (bicyclic) bond motifs is 1. The van der Waals surface area contributed by atoms with E-state index in [9.17, 15) is 12.8 Å². The molecule has 0 aliphatic rings. The molecule has 7 nitrogen and oxygen atoms in total. The summed E-state index contributed by atoms with van der Waals surface area (Å²) in [5.41, 5.74) is 1.79. The summed E-state index contributed by atoms with van der Waals surface area (Å²) in [5.74, 6) is 0.484. The molecule has 0 saturated carbocycles. The van der Waals surface area contributed by atoms with Crippen molar-refractivity contribution in [3.63, 3.8) is 0 Å². The van der Waals surface area contributed by atoms with Crippen molar-refractivity contribution in [3.8, 4) is 5.69 Å². The molecule has 3 aromatic carbocycles. The summed E-state index contributed by atoms with van der Waals surface area (Å²) in [6.07, 6.45) is 1.55. The van der Waals surface area contributed by atoms with E-state index in [-0.39, 0.29) is 10.7 Å². The monoisotopic (exact) mass is 587 g/mol. The van der Waals surface area contributed by atoms with Crippen molar-refractivity contribution in [2.75, 3.05) is 0 Å². The number of thioether (sulfide) groups is 1. The van der Waals surface area contributed by atoms with Gasteiger partial charge in [-0.2, -0.15) is 0 Å². The lowest BCUT2D eigenvalue weighted by Gasteiger charge is -2.18. The highest BCUT2D eigenvalue weighted by molar-refractivity contribution is 7.98. The lowest BCUT2D eigenvalue weighted by Crippen LogP contribution is -2.29. The Morgan fingerprint density at radius 3 is 2.55 bits per heavy atom. The number of sulfonamides is 1. The zero-order chi connectivity index (χ0) is 26.9. The Morgan fingerprint density at radius 2 is 1.79 bits per heavy atom. The summed E-state index contributed by atoms with van der Waals surface area (Å²) in [4.78, 5) is 4.33. The predicted octanol–water partition coefficient (Wildman–Crippen LogP) is 6.59. The maximum atomic E-state index is 13.4. The Labute approximate surface area is 233 Å². The van der Waals surface area contributed by atoms with Gasteiger partial charge < -0.3 is 0 Å². The molecule has 0 saturated heterocycles. The van der Waals surface area contributed by atoms with Crippen LogP contribution < -0.4 is 4.72 Å². The van der Waals surface area contributed by atoms with E-state index in [1.807, 2.05) is 0 Å². The normalized spacial score (nSPS) is 12.6. The molecule has 0 aliphatic heterocycles. The second-order valence-corrected chi connectivity index (χ2v) is 11.8. The molecule has 0 bridgehead atoms. The van der Waals surface area contributed by atoms with E-state index >= 15 is 0 Å². The number of hydrogen-bond acceptors (Lipinski definition) is 6. The zero-order valence-corrected chi connectivity index (χ0v) is 23.0. The van der Waals surface area contributed by atoms with Crippen molar-refractivity contribution in [1.82, 2.24) is 24.5 Å². The molecule has 0 fully saturated rings. The molecule has 2 heterocycles. The molecule has 2 aromatic heterocycles. The molecule has 1 atom stereocenters. The van der Waals surface area contributed by atoms with E-state index in [1.165, 1.54) is 30.0 Å². The zero-order valence-electron chi connectivity index (χ0n) is 19.8. The molecule has 38 heavy (non-hydrogen) atoms. The van der Waals surface area contributed by atoms with Crippen LogP contribution in [-0.4, -0.2) is 28.2 Å². The van der Waals surface area contributed by atoms with Crippen LogP contribution in [0.3, 0.4) is 0 Å². The van der Waals surface area contributed by atoms with Crippen molar-refractivity contribution in [1.29, 1.82) is 0 Å². The fourth-order valence-electron chi connectivity index (χ4n) is 3.91. The molecular weight excluding hydrogens is 568 g/mol. The summed E-state index contributed by atoms with van der Waals surface area (Å²) in [5, 5.41) is 10.6. The lowest BCUT2D eigenvalue weighted by atomic mass is 10.2. The SMILES string of the molecule is CC(NS(=O)(=O)c1cccc2cccnc12)c1nnc(SCc2ccc(F)cc2)n1-c1ccc(Cl)cc1Cl. The number of halogens is 3. The van der Waals surface area contributed by atoms with Gasteiger partial charge in [0.2, 0.25) is 10.0 Å². The number of rotatable bonds is 8. The van der Waals surface area contributed by atoms with Gasteiger partial charge in [0.05, 0.1) is 22.3 Å². The molecule has 194 valence electrons. The van der Waals surface area contributed by atoms with E-state index in [0.29, 0.717) is 43.4 Å². The summed E-state index contributed by atoms with van der Waals surface area (Å²) in [6.45, 7) is 1.68. The second kappa shape index (κ2) is 11.0. The molecule has 5 aromatic rings. The van der Waals surface area contributed by atoms with Crippen LogP contribution in [-0.2, 0) is 15.8 Å². The molecule has 1 N–H and O–H groups in total. The van der Waals surface area contributed by atoms with E-state index in [0.717, 1.165) is 5.56 Å². The summed E-state index contributed by atoms with van der Waals surface area (Å²) < 4.78 is 44.6. The first-order valence-electron chi connectivity index (χ1n) is 11.4. The Morgan fingerprint density at radius 1 is 1.03 bits per heavy atom. The molecule has 0 aliphatic carbocycles. The number of benzene rings is 3. The third kappa shape index (κ3) is 5.55. The third-order valence-corrected chi connectivity index (χ3v) is 8.80. The first-order valence-corrected chi connectivity index (χ1v) is 14.6. The minimum Gasteiger partial charge on any atom is -0.271 e. The van der Waals surface area contributed by atoms with E-state index in [4.69, 9.17) is 23.2 Å². The number of para-hydroxylation sites is 1. The van der Waals surface area contributed by atoms with Gasteiger partial charge in [0.1, 0.15) is 10.7 Å². The van der Waals surface area contributed by atoms with Crippen molar-refractivity contribution >= 4 is 55.9 Å². The first kappa shape index (κ1) is 26.6. The third-order valence-electron chi connectivity index (χ3n) is 5.69. The van der Waals surface area contributed by atoms with Crippen molar-refractivity contribution in [3.05, 3.63) is 106 Å². The number of pyridine rings is 1. The van der Waals surface area contributed by atoms with Gasteiger partial charge in [-0.3, -0.25) is 9.55 Å². The van der Waals surface area contributed by atoms with Gasteiger partial charge in [-0.1, -0.05) is 65.3 Å². The molecular formula is C26H20Cl2FN5O2S2. The average Bonchev–Trinajstić information content (AvgIpc) is 3.31. The lowest BCUT2D eigenvalue weighted by molar-refractivity contribution is 0.556. The van der Waals surface area contributed by atoms with Gasteiger partial charge in [-0.15, -0.1) is 10.2 Å².